The van der Waals surface area contributed by atoms with Crippen LogP contribution in [0, 0.1) is 28.1 Å². The lowest BCUT2D eigenvalue weighted by Gasteiger charge is -2.60. The van der Waals surface area contributed by atoms with Gasteiger partial charge in [-0.2, -0.15) is 0 Å². The summed E-state index contributed by atoms with van der Waals surface area (Å²) in [7, 11) is 0. The van der Waals surface area contributed by atoms with E-state index in [0.717, 1.165) is 28.4 Å². The quantitative estimate of drug-likeness (QED) is 0.0616. The van der Waals surface area contributed by atoms with Crippen molar-refractivity contribution >= 4 is 23.1 Å². The van der Waals surface area contributed by atoms with Crippen molar-refractivity contribution in [2.24, 2.45) is 28.1 Å². The SMILES string of the molecule is C=C(C)[C@@H](CC=C(C)C)C[C@@]12C[C@@H](CC=C(C)C)C(C)(C)[C@@](CC=C(C)C)(C(=O)/C(=C(\O)c3ccc(O)c(O)c3)C1=O)C2=O. The molecule has 2 bridgehead atoms. The monoisotopic (exact) mass is 602 g/mol. The predicted octanol–water partition coefficient (Wildman–Crippen LogP) is 8.76. The van der Waals surface area contributed by atoms with Crippen molar-refractivity contribution in [1.29, 1.82) is 0 Å². The lowest BCUT2D eigenvalue weighted by atomic mass is 9.38. The Morgan fingerprint density at radius 3 is 2.02 bits per heavy atom. The highest BCUT2D eigenvalue weighted by atomic mass is 16.3. The molecule has 2 aliphatic carbocycles. The molecule has 1 aromatic carbocycles. The number of Topliss-reactive ketones (excluding diaryl/α,β-unsaturated/α-hetero) is 3. The lowest BCUT2D eigenvalue weighted by Crippen LogP contribution is -2.69. The average molecular weight is 603 g/mol. The van der Waals surface area contributed by atoms with Gasteiger partial charge in [0.25, 0.3) is 0 Å². The summed E-state index contributed by atoms with van der Waals surface area (Å²) in [5.41, 5.74) is -0.453. The van der Waals surface area contributed by atoms with Crippen LogP contribution in [0.25, 0.3) is 5.76 Å². The topological polar surface area (TPSA) is 112 Å². The molecule has 3 rings (SSSR count). The molecule has 2 fully saturated rings. The number of ketones is 3. The minimum atomic E-state index is -1.62. The van der Waals surface area contributed by atoms with E-state index >= 15 is 4.79 Å². The maximum absolute atomic E-state index is 15.2. The molecule has 44 heavy (non-hydrogen) atoms. The van der Waals surface area contributed by atoms with E-state index in [2.05, 4.69) is 18.7 Å². The van der Waals surface area contributed by atoms with Gasteiger partial charge in [0, 0.05) is 5.56 Å². The number of carbonyl (C=O) groups excluding carboxylic acids is 3. The van der Waals surface area contributed by atoms with E-state index in [1.54, 1.807) is 0 Å². The molecule has 0 amide bonds. The van der Waals surface area contributed by atoms with Crippen LogP contribution in [0.1, 0.15) is 100.0 Å². The number of hydrogen-bond acceptors (Lipinski definition) is 6. The second-order valence-electron chi connectivity index (χ2n) is 14.3. The molecule has 0 spiro atoms. The van der Waals surface area contributed by atoms with Crippen molar-refractivity contribution in [3.05, 3.63) is 76.4 Å². The van der Waals surface area contributed by atoms with E-state index in [0.29, 0.717) is 12.8 Å². The van der Waals surface area contributed by atoms with Gasteiger partial charge in [0.05, 0.1) is 5.41 Å². The maximum atomic E-state index is 15.2. The van der Waals surface area contributed by atoms with Crippen LogP contribution in [-0.4, -0.2) is 32.7 Å². The molecule has 3 N–H and O–H groups in total. The number of hydrogen-bond donors (Lipinski definition) is 3. The lowest BCUT2D eigenvalue weighted by molar-refractivity contribution is -0.177. The first-order valence-electron chi connectivity index (χ1n) is 15.5. The van der Waals surface area contributed by atoms with Crippen LogP contribution < -0.4 is 0 Å². The van der Waals surface area contributed by atoms with Crippen LogP contribution >= 0.6 is 0 Å². The van der Waals surface area contributed by atoms with Crippen molar-refractivity contribution in [2.45, 2.75) is 94.4 Å². The normalized spacial score (nSPS) is 26.0. The van der Waals surface area contributed by atoms with Gasteiger partial charge in [0.15, 0.2) is 28.8 Å². The van der Waals surface area contributed by atoms with Gasteiger partial charge in [-0.15, -0.1) is 0 Å². The second-order valence-corrected chi connectivity index (χ2v) is 14.3. The summed E-state index contributed by atoms with van der Waals surface area (Å²) < 4.78 is 0. The number of aromatic hydroxyl groups is 2. The minimum absolute atomic E-state index is 0.0110. The highest BCUT2D eigenvalue weighted by Crippen LogP contribution is 2.66. The predicted molar refractivity (Wildman–Crippen MR) is 176 cm³/mol. The van der Waals surface area contributed by atoms with E-state index in [-0.39, 0.29) is 42.4 Å². The fraction of sp³-hybridized carbons (Fsp3) is 0.500. The molecule has 0 unspecified atom stereocenters. The molecule has 0 heterocycles. The molecule has 2 saturated carbocycles. The van der Waals surface area contributed by atoms with Gasteiger partial charge in [-0.1, -0.05) is 60.9 Å². The van der Waals surface area contributed by atoms with Gasteiger partial charge >= 0.3 is 0 Å². The Morgan fingerprint density at radius 2 is 1.50 bits per heavy atom. The second kappa shape index (κ2) is 12.7. The zero-order chi connectivity index (χ0) is 33.4. The first kappa shape index (κ1) is 34.8. The van der Waals surface area contributed by atoms with E-state index in [4.69, 9.17) is 0 Å². The molecule has 238 valence electrons. The summed E-state index contributed by atoms with van der Waals surface area (Å²) in [5.74, 6) is -3.61. The summed E-state index contributed by atoms with van der Waals surface area (Å²) in [6.45, 7) is 21.9. The summed E-state index contributed by atoms with van der Waals surface area (Å²) in [6, 6.07) is 3.65. The van der Waals surface area contributed by atoms with Crippen molar-refractivity contribution in [3.8, 4) is 11.5 Å². The molecule has 0 aromatic heterocycles. The van der Waals surface area contributed by atoms with Gasteiger partial charge in [0.2, 0.25) is 0 Å². The fourth-order valence-electron chi connectivity index (χ4n) is 7.08. The van der Waals surface area contributed by atoms with Crippen molar-refractivity contribution in [3.63, 3.8) is 0 Å². The summed E-state index contributed by atoms with van der Waals surface area (Å²) >= 11 is 0. The maximum Gasteiger partial charge on any atom is 0.184 e. The Hall–Kier alpha value is -3.67. The van der Waals surface area contributed by atoms with Gasteiger partial charge in [-0.05, 0) is 116 Å². The number of aliphatic hydroxyl groups is 1. The van der Waals surface area contributed by atoms with Crippen LogP contribution in [-0.2, 0) is 14.4 Å². The van der Waals surface area contributed by atoms with Crippen LogP contribution in [0.15, 0.2) is 70.9 Å². The van der Waals surface area contributed by atoms with Crippen LogP contribution in [0.3, 0.4) is 0 Å². The summed E-state index contributed by atoms with van der Waals surface area (Å²) in [6.07, 6.45) is 7.79. The number of phenols is 2. The van der Waals surface area contributed by atoms with E-state index in [1.807, 2.05) is 68.4 Å². The third-order valence-electron chi connectivity index (χ3n) is 10.0. The Balaban J connectivity index is 2.47. The third kappa shape index (κ3) is 6.00. The van der Waals surface area contributed by atoms with Crippen LogP contribution in [0.4, 0.5) is 0 Å². The Labute approximate surface area is 263 Å². The van der Waals surface area contributed by atoms with E-state index < -0.39 is 50.6 Å². The van der Waals surface area contributed by atoms with Gasteiger partial charge in [-0.25, -0.2) is 0 Å². The highest BCUT2D eigenvalue weighted by Gasteiger charge is 2.74. The molecule has 0 radical (unpaired) electrons. The number of carbonyl (C=O) groups is 3. The van der Waals surface area contributed by atoms with Crippen LogP contribution in [0.2, 0.25) is 0 Å². The smallest absolute Gasteiger partial charge is 0.184 e. The standard InChI is InChI=1S/C38H50O6/c1-22(2)11-13-27(25(7)8)20-37-21-28(15-12-23(3)4)36(9,10)38(35(37)44,18-17-24(5)6)34(43)31(33(37)42)32(41)26-14-16-29(39)30(40)19-26/h11-12,14,16-17,19,27-28,39-41H,7,13,15,18,20-21H2,1-6,8-10H3/b32-31-/t27-,28+,37+,38-/m0/s1. The van der Waals surface area contributed by atoms with Gasteiger partial charge in [0.1, 0.15) is 16.7 Å². The zero-order valence-electron chi connectivity index (χ0n) is 27.9. The Kier molecular flexibility index (Phi) is 10.1. The number of rotatable bonds is 10. The average Bonchev–Trinajstić information content (AvgIpc) is 2.91. The third-order valence-corrected chi connectivity index (χ3v) is 10.0. The molecule has 6 heteroatoms. The van der Waals surface area contributed by atoms with Crippen molar-refractivity contribution in [1.82, 2.24) is 0 Å². The minimum Gasteiger partial charge on any atom is -0.506 e. The summed E-state index contributed by atoms with van der Waals surface area (Å²) in [5, 5.41) is 31.7. The highest BCUT2D eigenvalue weighted by molar-refractivity contribution is 6.41. The van der Waals surface area contributed by atoms with Crippen molar-refractivity contribution < 1.29 is 29.7 Å². The number of allylic oxidation sites excluding steroid dienone is 8. The van der Waals surface area contributed by atoms with Gasteiger partial charge in [-0.3, -0.25) is 14.4 Å². The molecule has 4 atom stereocenters. The molecule has 6 nitrogen and oxygen atoms in total. The number of fused-ring (bicyclic) bond motifs is 2. The fourth-order valence-corrected chi connectivity index (χ4v) is 7.08. The van der Waals surface area contributed by atoms with E-state index in [9.17, 15) is 24.9 Å². The molecular formula is C38H50O6. The van der Waals surface area contributed by atoms with E-state index in [1.165, 1.54) is 12.1 Å². The van der Waals surface area contributed by atoms with Crippen LogP contribution in [0.5, 0.6) is 11.5 Å². The number of phenolic OH excluding ortho intramolecular Hbond substituents is 2. The summed E-state index contributed by atoms with van der Waals surface area (Å²) in [4.78, 5) is 44.9. The molecule has 1 aromatic rings. The number of aliphatic hydroxyl groups excluding tert-OH is 1. The molecule has 2 aliphatic rings. The Morgan fingerprint density at radius 1 is 0.909 bits per heavy atom. The van der Waals surface area contributed by atoms with Gasteiger partial charge < -0.3 is 15.3 Å². The first-order valence-corrected chi connectivity index (χ1v) is 15.5. The first-order chi connectivity index (χ1) is 20.3. The van der Waals surface area contributed by atoms with Crippen molar-refractivity contribution in [2.75, 3.05) is 0 Å². The molecule has 0 aliphatic heterocycles. The zero-order valence-corrected chi connectivity index (χ0v) is 27.9. The molecular weight excluding hydrogens is 552 g/mol. The Bertz CT molecular complexity index is 1490. The number of benzene rings is 1. The largest absolute Gasteiger partial charge is 0.506 e. The molecule has 0 saturated heterocycles.